The lowest BCUT2D eigenvalue weighted by Crippen LogP contribution is -2.50. The van der Waals surface area contributed by atoms with Crippen molar-refractivity contribution in [2.45, 2.75) is 49.9 Å². The first-order valence-electron chi connectivity index (χ1n) is 14.1. The minimum atomic E-state index is -1.60. The first kappa shape index (κ1) is 30.8. The summed E-state index contributed by atoms with van der Waals surface area (Å²) < 4.78 is 16.9. The summed E-state index contributed by atoms with van der Waals surface area (Å²) in [7, 11) is 0. The highest BCUT2D eigenvalue weighted by Gasteiger charge is 2.47. The van der Waals surface area contributed by atoms with Gasteiger partial charge in [0.1, 0.15) is 24.6 Å². The van der Waals surface area contributed by atoms with Gasteiger partial charge in [0.2, 0.25) is 0 Å². The molecule has 1 unspecified atom stereocenters. The number of aliphatic hydroxyl groups is 2. The molecule has 1 aliphatic carbocycles. The molecular weight excluding hydrogens is 571 g/mol. The van der Waals surface area contributed by atoms with E-state index >= 15 is 0 Å². The second kappa shape index (κ2) is 12.1. The molecule has 0 spiro atoms. The van der Waals surface area contributed by atoms with E-state index in [9.17, 15) is 24.6 Å². The Bertz CT molecular complexity index is 1490. The maximum absolute atomic E-state index is 13.0. The van der Waals surface area contributed by atoms with Crippen molar-refractivity contribution in [3.05, 3.63) is 83.8 Å². The molecule has 5 rings (SSSR count). The number of carbonyl (C=O) groups is 3. The summed E-state index contributed by atoms with van der Waals surface area (Å²) in [5.74, 6) is -1.47. The third-order valence-corrected chi connectivity index (χ3v) is 9.41. The van der Waals surface area contributed by atoms with E-state index in [0.29, 0.717) is 6.42 Å². The first-order valence-corrected chi connectivity index (χ1v) is 17.1. The van der Waals surface area contributed by atoms with Gasteiger partial charge in [-0.05, 0) is 55.1 Å². The Hall–Kier alpha value is -3.69. The molecule has 43 heavy (non-hydrogen) atoms. The van der Waals surface area contributed by atoms with Gasteiger partial charge in [0.05, 0.1) is 11.7 Å². The molecule has 1 amide bonds. The van der Waals surface area contributed by atoms with E-state index in [2.05, 4.69) is 31.5 Å². The van der Waals surface area contributed by atoms with Crippen molar-refractivity contribution in [2.75, 3.05) is 26.1 Å². The van der Waals surface area contributed by atoms with Crippen LogP contribution in [0.2, 0.25) is 0 Å². The molecule has 0 bridgehead atoms. The third-order valence-electron chi connectivity index (χ3n) is 7.94. The van der Waals surface area contributed by atoms with Crippen LogP contribution in [0.3, 0.4) is 0 Å². The number of nitrogens with zero attached hydrogens (tertiary/aromatic N) is 1. The zero-order valence-electron chi connectivity index (χ0n) is 24.4. The monoisotopic (exact) mass is 608 g/mol. The maximum atomic E-state index is 13.0. The number of benzene rings is 2. The minimum Gasteiger partial charge on any atom is -0.433 e. The smallest absolute Gasteiger partial charge is 0.433 e. The maximum Gasteiger partial charge on any atom is 0.509 e. The number of Topliss-reactive ketones (excluding diaryl/α,β-unsaturated/α-hetero) is 1. The third kappa shape index (κ3) is 6.33. The fourth-order valence-electron chi connectivity index (χ4n) is 5.73. The predicted molar refractivity (Wildman–Crippen MR) is 164 cm³/mol. The number of fused-ring (bicyclic) bond motifs is 3. The highest BCUT2D eigenvalue weighted by Crippen LogP contribution is 2.44. The van der Waals surface area contributed by atoms with E-state index in [1.54, 1.807) is 0 Å². The van der Waals surface area contributed by atoms with Crippen LogP contribution in [0, 0.1) is 0 Å². The Morgan fingerprint density at radius 3 is 2.26 bits per heavy atom. The zero-order chi connectivity index (χ0) is 31.1. The van der Waals surface area contributed by atoms with E-state index in [1.165, 1.54) is 18.0 Å². The van der Waals surface area contributed by atoms with Crippen LogP contribution in [0.25, 0.3) is 11.1 Å². The summed E-state index contributed by atoms with van der Waals surface area (Å²) in [5, 5.41) is 24.0. The molecule has 0 aromatic heterocycles. The van der Waals surface area contributed by atoms with Gasteiger partial charge in [0.25, 0.3) is 5.91 Å². The fraction of sp³-hybridized carbons (Fsp3) is 0.375. The average Bonchev–Trinajstić information content (AvgIpc) is 3.43. The molecule has 0 saturated carbocycles. The molecule has 1 fully saturated rings. The molecule has 2 aliphatic heterocycles. The SMILES string of the molecule is C=C1NC(=O)C(C(OC(=O)OCC2c3ccccc3-c3ccccc32)C(C)=O)=CN1[C@@H]1O[C@H](CCP(=C)(C)C)[C@@H](O)[C@H]1O. The highest BCUT2D eigenvalue weighted by molar-refractivity contribution is 7.72. The molecule has 1 saturated heterocycles. The van der Waals surface area contributed by atoms with Crippen molar-refractivity contribution >= 4 is 31.0 Å². The summed E-state index contributed by atoms with van der Waals surface area (Å²) >= 11 is 0. The van der Waals surface area contributed by atoms with Crippen LogP contribution in [0.4, 0.5) is 4.79 Å². The molecule has 2 heterocycles. The number of nitrogens with one attached hydrogen (secondary N) is 1. The highest BCUT2D eigenvalue weighted by atomic mass is 31.2. The summed E-state index contributed by atoms with van der Waals surface area (Å²) in [4.78, 5) is 39.8. The number of hydrogen-bond donors (Lipinski definition) is 3. The Morgan fingerprint density at radius 2 is 1.67 bits per heavy atom. The molecule has 2 aromatic carbocycles. The van der Waals surface area contributed by atoms with E-state index in [0.717, 1.165) is 28.4 Å². The van der Waals surface area contributed by atoms with Gasteiger partial charge >= 0.3 is 6.16 Å². The van der Waals surface area contributed by atoms with Crippen LogP contribution in [-0.2, 0) is 23.8 Å². The van der Waals surface area contributed by atoms with Crippen molar-refractivity contribution in [2.24, 2.45) is 0 Å². The summed E-state index contributed by atoms with van der Waals surface area (Å²) in [5.41, 5.74) is 3.95. The number of ketones is 1. The molecule has 2 aromatic rings. The second-order valence-electron chi connectivity index (χ2n) is 11.8. The molecule has 3 aliphatic rings. The summed E-state index contributed by atoms with van der Waals surface area (Å²) in [6.07, 6.45) is -0.322. The Kier molecular flexibility index (Phi) is 8.68. The van der Waals surface area contributed by atoms with Crippen molar-refractivity contribution in [3.8, 4) is 11.1 Å². The van der Waals surface area contributed by atoms with Crippen molar-refractivity contribution in [1.82, 2.24) is 10.2 Å². The summed E-state index contributed by atoms with van der Waals surface area (Å²) in [6, 6.07) is 15.7. The van der Waals surface area contributed by atoms with Crippen LogP contribution in [-0.4, -0.2) is 96.0 Å². The van der Waals surface area contributed by atoms with Crippen LogP contribution in [0.5, 0.6) is 0 Å². The fourth-order valence-corrected chi connectivity index (χ4v) is 6.68. The Morgan fingerprint density at radius 1 is 1.07 bits per heavy atom. The molecular formula is C32H37N2O8P. The van der Waals surface area contributed by atoms with Crippen molar-refractivity contribution in [3.63, 3.8) is 0 Å². The number of ether oxygens (including phenoxy) is 3. The van der Waals surface area contributed by atoms with Gasteiger partial charge in [-0.25, -0.2) is 4.79 Å². The number of hydrogen-bond acceptors (Lipinski definition) is 9. The van der Waals surface area contributed by atoms with Gasteiger partial charge in [-0.1, -0.05) is 55.1 Å². The van der Waals surface area contributed by atoms with Crippen molar-refractivity contribution < 1.29 is 38.8 Å². The van der Waals surface area contributed by atoms with Gasteiger partial charge in [0, 0.05) is 12.1 Å². The topological polar surface area (TPSA) is 135 Å². The number of aliphatic hydroxyl groups excluding tert-OH is 2. The quantitative estimate of drug-likeness (QED) is 0.290. The zero-order valence-corrected chi connectivity index (χ0v) is 25.3. The lowest BCUT2D eigenvalue weighted by atomic mass is 9.98. The van der Waals surface area contributed by atoms with Crippen molar-refractivity contribution in [1.29, 1.82) is 0 Å². The van der Waals surface area contributed by atoms with Crippen LogP contribution >= 0.6 is 6.89 Å². The molecule has 3 N–H and O–H groups in total. The van der Waals surface area contributed by atoms with Gasteiger partial charge in [0.15, 0.2) is 18.1 Å². The lowest BCUT2D eigenvalue weighted by Gasteiger charge is -2.35. The van der Waals surface area contributed by atoms with Gasteiger partial charge in [-0.15, -0.1) is 13.2 Å². The van der Waals surface area contributed by atoms with E-state index in [1.807, 2.05) is 48.5 Å². The van der Waals surface area contributed by atoms with Crippen LogP contribution in [0.15, 0.2) is 72.7 Å². The van der Waals surface area contributed by atoms with E-state index in [4.69, 9.17) is 14.2 Å². The number of amides is 1. The molecule has 5 atom stereocenters. The number of rotatable bonds is 9. The van der Waals surface area contributed by atoms with E-state index in [-0.39, 0.29) is 23.9 Å². The molecule has 10 nitrogen and oxygen atoms in total. The minimum absolute atomic E-state index is 0.0284. The first-order chi connectivity index (χ1) is 20.4. The Balaban J connectivity index is 1.30. The van der Waals surface area contributed by atoms with Crippen LogP contribution < -0.4 is 5.32 Å². The second-order valence-corrected chi connectivity index (χ2v) is 16.1. The predicted octanol–water partition coefficient (Wildman–Crippen LogP) is 3.24. The molecule has 11 heteroatoms. The standard InChI is InChI=1S/C32H37N2O8P/c1-18(35)29(42-32(39)40-17-25-22-12-8-6-10-20(22)21-11-7-9-13-23(21)25)24-16-34(19(2)33-30(24)38)31-28(37)27(36)26(41-31)14-15-43(3,4)5/h6-13,16,25-29,31,36-37H,2-3,14-15,17H2,1,4-5H3,(H,33,38)/t26-,27-,28-,29?,31-/m1/s1. The van der Waals surface area contributed by atoms with Gasteiger partial charge < -0.3 is 34.6 Å². The molecule has 228 valence electrons. The number of carbonyl (C=O) groups excluding carboxylic acids is 3. The van der Waals surface area contributed by atoms with Gasteiger partial charge in [-0.2, -0.15) is 0 Å². The van der Waals surface area contributed by atoms with Crippen LogP contribution in [0.1, 0.15) is 30.4 Å². The van der Waals surface area contributed by atoms with Gasteiger partial charge in [-0.3, -0.25) is 9.59 Å². The lowest BCUT2D eigenvalue weighted by molar-refractivity contribution is -0.129. The normalized spacial score (nSPS) is 24.1. The molecule has 0 radical (unpaired) electrons. The largest absolute Gasteiger partial charge is 0.509 e. The summed E-state index contributed by atoms with van der Waals surface area (Å²) in [6.45, 7) is 7.72. The average molecular weight is 609 g/mol. The Labute approximate surface area is 250 Å². The van der Waals surface area contributed by atoms with E-state index < -0.39 is 55.4 Å².